The van der Waals surface area contributed by atoms with Crippen LogP contribution in [0.5, 0.6) is 0 Å². The zero-order valence-electron chi connectivity index (χ0n) is 7.62. The highest BCUT2D eigenvalue weighted by Crippen LogP contribution is 2.37. The largest absolute Gasteiger partial charge is 0.369 e. The average molecular weight is 185 g/mol. The molecule has 74 valence electrons. The minimum absolute atomic E-state index is 0.0263. The molecular formula is C9H15NO3. The van der Waals surface area contributed by atoms with Crippen molar-refractivity contribution in [3.8, 4) is 0 Å². The molecule has 2 aliphatic rings. The first-order chi connectivity index (χ1) is 6.22. The van der Waals surface area contributed by atoms with Gasteiger partial charge >= 0.3 is 0 Å². The Morgan fingerprint density at radius 2 is 1.77 bits per heavy atom. The number of ether oxygens (including phenoxy) is 2. The van der Waals surface area contributed by atoms with Crippen LogP contribution in [0.2, 0.25) is 0 Å². The Balaban J connectivity index is 1.91. The lowest BCUT2D eigenvalue weighted by atomic mass is 9.85. The summed E-state index contributed by atoms with van der Waals surface area (Å²) >= 11 is 0. The molecule has 0 unspecified atom stereocenters. The fourth-order valence-corrected chi connectivity index (χ4v) is 2.13. The van der Waals surface area contributed by atoms with Gasteiger partial charge in [0.15, 0.2) is 5.79 Å². The molecule has 2 rings (SSSR count). The van der Waals surface area contributed by atoms with Gasteiger partial charge in [0.25, 0.3) is 0 Å². The highest BCUT2D eigenvalue weighted by Gasteiger charge is 2.41. The number of nitrogens with two attached hydrogens (primary N) is 1. The molecule has 13 heavy (non-hydrogen) atoms. The van der Waals surface area contributed by atoms with E-state index in [0.29, 0.717) is 13.2 Å². The average Bonchev–Trinajstić information content (AvgIpc) is 2.54. The second-order valence-corrected chi connectivity index (χ2v) is 3.78. The molecule has 1 aliphatic carbocycles. The Morgan fingerprint density at radius 1 is 1.23 bits per heavy atom. The zero-order chi connectivity index (χ0) is 9.31. The third-order valence-corrected chi connectivity index (χ3v) is 2.96. The lowest BCUT2D eigenvalue weighted by Gasteiger charge is -2.34. The van der Waals surface area contributed by atoms with Gasteiger partial charge in [-0.25, -0.2) is 0 Å². The van der Waals surface area contributed by atoms with Crippen molar-refractivity contribution < 1.29 is 14.3 Å². The highest BCUT2D eigenvalue weighted by molar-refractivity contribution is 5.76. The molecule has 4 nitrogen and oxygen atoms in total. The summed E-state index contributed by atoms with van der Waals surface area (Å²) in [7, 11) is 0. The highest BCUT2D eigenvalue weighted by atomic mass is 16.7. The molecular weight excluding hydrogens is 170 g/mol. The summed E-state index contributed by atoms with van der Waals surface area (Å²) in [6.07, 6.45) is 3.21. The van der Waals surface area contributed by atoms with Crippen molar-refractivity contribution in [1.29, 1.82) is 0 Å². The predicted octanol–water partition coefficient (Wildman–Crippen LogP) is 0.405. The molecule has 0 aromatic heterocycles. The maximum atomic E-state index is 10.9. The van der Waals surface area contributed by atoms with Gasteiger partial charge in [-0.05, 0) is 12.8 Å². The molecule has 1 saturated heterocycles. The topological polar surface area (TPSA) is 61.6 Å². The number of carbonyl (C=O) groups excluding carboxylic acids is 1. The van der Waals surface area contributed by atoms with Crippen molar-refractivity contribution in [1.82, 2.24) is 0 Å². The molecule has 0 radical (unpaired) electrons. The lowest BCUT2D eigenvalue weighted by molar-refractivity contribution is -0.183. The van der Waals surface area contributed by atoms with Crippen molar-refractivity contribution >= 4 is 5.91 Å². The van der Waals surface area contributed by atoms with E-state index in [2.05, 4.69) is 0 Å². The van der Waals surface area contributed by atoms with Gasteiger partial charge in [0.2, 0.25) is 5.91 Å². The molecule has 0 aromatic carbocycles. The Hall–Kier alpha value is -0.610. The van der Waals surface area contributed by atoms with Crippen LogP contribution in [0.4, 0.5) is 0 Å². The van der Waals surface area contributed by atoms with Crippen LogP contribution < -0.4 is 5.73 Å². The second-order valence-electron chi connectivity index (χ2n) is 3.78. The normalized spacial score (nSPS) is 28.0. The van der Waals surface area contributed by atoms with E-state index in [1.54, 1.807) is 0 Å². The Labute approximate surface area is 77.4 Å². The molecule has 2 fully saturated rings. The van der Waals surface area contributed by atoms with Crippen LogP contribution in [0.25, 0.3) is 0 Å². The molecule has 0 aromatic rings. The maximum absolute atomic E-state index is 10.9. The van der Waals surface area contributed by atoms with Crippen molar-refractivity contribution in [2.45, 2.75) is 31.5 Å². The summed E-state index contributed by atoms with van der Waals surface area (Å²) in [4.78, 5) is 10.9. The van der Waals surface area contributed by atoms with Crippen LogP contribution in [-0.2, 0) is 14.3 Å². The number of carbonyl (C=O) groups is 1. The smallest absolute Gasteiger partial charge is 0.220 e. The van der Waals surface area contributed by atoms with Gasteiger partial charge in [0.05, 0.1) is 13.2 Å². The van der Waals surface area contributed by atoms with E-state index < -0.39 is 0 Å². The van der Waals surface area contributed by atoms with E-state index in [1.165, 1.54) is 0 Å². The first-order valence-electron chi connectivity index (χ1n) is 4.79. The first kappa shape index (κ1) is 8.97. The Kier molecular flexibility index (Phi) is 2.26. The van der Waals surface area contributed by atoms with Gasteiger partial charge in [-0.1, -0.05) is 0 Å². The summed E-state index contributed by atoms with van der Waals surface area (Å²) in [6, 6.07) is 0. The third-order valence-electron chi connectivity index (χ3n) is 2.96. The number of hydrogen-bond acceptors (Lipinski definition) is 3. The van der Waals surface area contributed by atoms with E-state index in [4.69, 9.17) is 15.2 Å². The molecule has 1 heterocycles. The van der Waals surface area contributed by atoms with Gasteiger partial charge < -0.3 is 15.2 Å². The van der Waals surface area contributed by atoms with E-state index >= 15 is 0 Å². The molecule has 0 atom stereocenters. The van der Waals surface area contributed by atoms with Crippen LogP contribution in [0.15, 0.2) is 0 Å². The van der Waals surface area contributed by atoms with Crippen LogP contribution in [0, 0.1) is 5.92 Å². The lowest BCUT2D eigenvalue weighted by Crippen LogP contribution is -2.38. The van der Waals surface area contributed by atoms with Crippen molar-refractivity contribution in [3.63, 3.8) is 0 Å². The molecule has 0 bridgehead atoms. The van der Waals surface area contributed by atoms with Crippen LogP contribution in [0.3, 0.4) is 0 Å². The van der Waals surface area contributed by atoms with Gasteiger partial charge in [-0.3, -0.25) is 4.79 Å². The second kappa shape index (κ2) is 3.27. The first-order valence-corrected chi connectivity index (χ1v) is 4.79. The van der Waals surface area contributed by atoms with Crippen molar-refractivity contribution in [2.75, 3.05) is 13.2 Å². The summed E-state index contributed by atoms with van der Waals surface area (Å²) in [6.45, 7) is 1.36. The summed E-state index contributed by atoms with van der Waals surface area (Å²) in [5.41, 5.74) is 5.23. The fourth-order valence-electron chi connectivity index (χ4n) is 2.13. The van der Waals surface area contributed by atoms with Crippen LogP contribution in [0.1, 0.15) is 25.7 Å². The van der Waals surface area contributed by atoms with Gasteiger partial charge in [-0.15, -0.1) is 0 Å². The van der Waals surface area contributed by atoms with E-state index in [-0.39, 0.29) is 17.6 Å². The van der Waals surface area contributed by atoms with Gasteiger partial charge in [0, 0.05) is 18.8 Å². The number of amides is 1. The monoisotopic (exact) mass is 185 g/mol. The third kappa shape index (κ3) is 1.69. The van der Waals surface area contributed by atoms with E-state index in [9.17, 15) is 4.79 Å². The van der Waals surface area contributed by atoms with Crippen molar-refractivity contribution in [2.24, 2.45) is 11.7 Å². The minimum atomic E-state index is -0.369. The fraction of sp³-hybridized carbons (Fsp3) is 0.889. The summed E-state index contributed by atoms with van der Waals surface area (Å²) < 4.78 is 11.1. The van der Waals surface area contributed by atoms with Crippen molar-refractivity contribution in [3.05, 3.63) is 0 Å². The van der Waals surface area contributed by atoms with Crippen LogP contribution in [-0.4, -0.2) is 24.9 Å². The van der Waals surface area contributed by atoms with Crippen LogP contribution >= 0.6 is 0 Å². The molecule has 1 saturated carbocycles. The minimum Gasteiger partial charge on any atom is -0.369 e. The van der Waals surface area contributed by atoms with Gasteiger partial charge in [0.1, 0.15) is 0 Å². The van der Waals surface area contributed by atoms with E-state index in [0.717, 1.165) is 25.7 Å². The summed E-state index contributed by atoms with van der Waals surface area (Å²) in [5, 5.41) is 0. The number of primary amides is 1. The summed E-state index contributed by atoms with van der Waals surface area (Å²) in [5.74, 6) is -0.530. The van der Waals surface area contributed by atoms with Gasteiger partial charge in [-0.2, -0.15) is 0 Å². The predicted molar refractivity (Wildman–Crippen MR) is 45.8 cm³/mol. The Bertz CT molecular complexity index is 201. The standard InChI is InChI=1S/C9H15NO3/c10-8(11)7-1-3-9(4-2-7)12-5-6-13-9/h7H,1-6H2,(H2,10,11). The maximum Gasteiger partial charge on any atom is 0.220 e. The quantitative estimate of drug-likeness (QED) is 0.643. The molecule has 2 N–H and O–H groups in total. The molecule has 1 spiro atoms. The van der Waals surface area contributed by atoms with E-state index in [1.807, 2.05) is 0 Å². The molecule has 1 aliphatic heterocycles. The molecule has 1 amide bonds. The number of hydrogen-bond donors (Lipinski definition) is 1. The number of rotatable bonds is 1. The Morgan fingerprint density at radius 3 is 2.23 bits per heavy atom. The molecule has 4 heteroatoms. The SMILES string of the molecule is NC(=O)C1CCC2(CC1)OCCO2. The zero-order valence-corrected chi connectivity index (χ0v) is 7.62.